The number of rotatable bonds is 5. The van der Waals surface area contributed by atoms with Crippen LogP contribution in [0.3, 0.4) is 0 Å². The van der Waals surface area contributed by atoms with Gasteiger partial charge in [0.25, 0.3) is 0 Å². The molecule has 1 fully saturated rings. The minimum absolute atomic E-state index is 0. The van der Waals surface area contributed by atoms with Crippen LogP contribution >= 0.6 is 12.4 Å². The molecule has 86 valence electrons. The van der Waals surface area contributed by atoms with Crippen molar-refractivity contribution in [3.63, 3.8) is 0 Å². The third-order valence-electron chi connectivity index (χ3n) is 3.46. The molecule has 15 heavy (non-hydrogen) atoms. The van der Waals surface area contributed by atoms with Gasteiger partial charge in [-0.2, -0.15) is 0 Å². The van der Waals surface area contributed by atoms with Gasteiger partial charge in [0.2, 0.25) is 0 Å². The Bertz CT molecular complexity index is 304. The maximum Gasteiger partial charge on any atom is 0.120 e. The van der Waals surface area contributed by atoms with Crippen LogP contribution in [0, 0.1) is 12.3 Å². The second-order valence-electron chi connectivity index (χ2n) is 4.48. The first-order chi connectivity index (χ1) is 6.76. The predicted octanol–water partition coefficient (Wildman–Crippen LogP) is 3.29. The molecule has 1 heterocycles. The first-order valence-electron chi connectivity index (χ1n) is 5.49. The van der Waals surface area contributed by atoms with Crippen LogP contribution in [0.1, 0.15) is 37.5 Å². The number of aryl methyl sites for hydroxylation is 1. The largest absolute Gasteiger partial charge is 0.468 e. The van der Waals surface area contributed by atoms with Crippen molar-refractivity contribution < 1.29 is 4.42 Å². The Balaban J connectivity index is 0.00000112. The van der Waals surface area contributed by atoms with Gasteiger partial charge in [0.15, 0.2) is 0 Å². The Morgan fingerprint density at radius 1 is 1.47 bits per heavy atom. The Hall–Kier alpha value is -0.470. The highest BCUT2D eigenvalue weighted by Gasteiger charge is 2.39. The van der Waals surface area contributed by atoms with E-state index in [-0.39, 0.29) is 12.4 Å². The lowest BCUT2D eigenvalue weighted by molar-refractivity contribution is 0.415. The zero-order valence-corrected chi connectivity index (χ0v) is 10.3. The van der Waals surface area contributed by atoms with Crippen LogP contribution in [0.15, 0.2) is 16.7 Å². The Morgan fingerprint density at radius 2 is 2.20 bits per heavy atom. The van der Waals surface area contributed by atoms with E-state index in [0.717, 1.165) is 18.8 Å². The highest BCUT2D eigenvalue weighted by Crippen LogP contribution is 2.47. The molecule has 2 rings (SSSR count). The van der Waals surface area contributed by atoms with Gasteiger partial charge < -0.3 is 9.73 Å². The minimum Gasteiger partial charge on any atom is -0.468 e. The molecule has 0 radical (unpaired) electrons. The number of nitrogens with one attached hydrogen (secondary N) is 1. The maximum atomic E-state index is 5.37. The number of furan rings is 1. The lowest BCUT2D eigenvalue weighted by Gasteiger charge is -2.12. The fourth-order valence-corrected chi connectivity index (χ4v) is 1.86. The second kappa shape index (κ2) is 5.04. The van der Waals surface area contributed by atoms with E-state index in [4.69, 9.17) is 4.42 Å². The number of hydrogen-bond acceptors (Lipinski definition) is 2. The summed E-state index contributed by atoms with van der Waals surface area (Å²) in [5, 5.41) is 3.49. The Labute approximate surface area is 97.8 Å². The van der Waals surface area contributed by atoms with E-state index < -0.39 is 0 Å². The van der Waals surface area contributed by atoms with Gasteiger partial charge in [-0.1, -0.05) is 6.92 Å². The van der Waals surface area contributed by atoms with Crippen molar-refractivity contribution >= 4 is 12.4 Å². The molecule has 0 aromatic carbocycles. The molecule has 1 aromatic heterocycles. The average Bonchev–Trinajstić information content (AvgIpc) is 2.86. The second-order valence-corrected chi connectivity index (χ2v) is 4.48. The van der Waals surface area contributed by atoms with Crippen LogP contribution in [0.2, 0.25) is 0 Å². The summed E-state index contributed by atoms with van der Waals surface area (Å²) in [5.74, 6) is 1.08. The normalized spacial score (nSPS) is 17.2. The van der Waals surface area contributed by atoms with Crippen LogP contribution in [0.5, 0.6) is 0 Å². The number of hydrogen-bond donors (Lipinski definition) is 1. The average molecular weight is 230 g/mol. The van der Waals surface area contributed by atoms with Gasteiger partial charge in [0.05, 0.1) is 12.8 Å². The van der Waals surface area contributed by atoms with Gasteiger partial charge in [-0.05, 0) is 43.2 Å². The molecule has 1 saturated carbocycles. The Kier molecular flexibility index (Phi) is 4.23. The molecule has 0 aliphatic heterocycles. The summed E-state index contributed by atoms with van der Waals surface area (Å²) in [6, 6.07) is 2.02. The molecule has 0 atom stereocenters. The fraction of sp³-hybridized carbons (Fsp3) is 0.667. The van der Waals surface area contributed by atoms with Crippen molar-refractivity contribution in [1.29, 1.82) is 0 Å². The van der Waals surface area contributed by atoms with Crippen LogP contribution in [0.4, 0.5) is 0 Å². The highest BCUT2D eigenvalue weighted by molar-refractivity contribution is 5.85. The van der Waals surface area contributed by atoms with Gasteiger partial charge in [-0.25, -0.2) is 0 Å². The Morgan fingerprint density at radius 3 is 2.67 bits per heavy atom. The van der Waals surface area contributed by atoms with E-state index in [1.165, 1.54) is 24.8 Å². The zero-order chi connectivity index (χ0) is 10.0. The molecule has 1 N–H and O–H groups in total. The SMILES string of the molecule is CCC1(CNCc2occc2C)CC1.Cl. The molecule has 1 aliphatic rings. The molecule has 0 amide bonds. The van der Waals surface area contributed by atoms with E-state index in [1.807, 2.05) is 6.07 Å². The first-order valence-corrected chi connectivity index (χ1v) is 5.49. The molecule has 1 aromatic rings. The lowest BCUT2D eigenvalue weighted by Crippen LogP contribution is -2.23. The summed E-state index contributed by atoms with van der Waals surface area (Å²) in [7, 11) is 0. The molecule has 1 aliphatic carbocycles. The van der Waals surface area contributed by atoms with E-state index in [9.17, 15) is 0 Å². The van der Waals surface area contributed by atoms with Crippen molar-refractivity contribution in [3.05, 3.63) is 23.7 Å². The first kappa shape index (κ1) is 12.6. The van der Waals surface area contributed by atoms with Crippen LogP contribution in [-0.2, 0) is 6.54 Å². The zero-order valence-electron chi connectivity index (χ0n) is 9.51. The smallest absolute Gasteiger partial charge is 0.120 e. The molecular formula is C12H20ClNO. The van der Waals surface area contributed by atoms with Gasteiger partial charge in [-0.15, -0.1) is 12.4 Å². The summed E-state index contributed by atoms with van der Waals surface area (Å²) in [6.07, 6.45) is 5.86. The fourth-order valence-electron chi connectivity index (χ4n) is 1.86. The van der Waals surface area contributed by atoms with E-state index in [0.29, 0.717) is 5.41 Å². The van der Waals surface area contributed by atoms with Gasteiger partial charge in [-0.3, -0.25) is 0 Å². The van der Waals surface area contributed by atoms with Crippen molar-refractivity contribution in [1.82, 2.24) is 5.32 Å². The van der Waals surface area contributed by atoms with Gasteiger partial charge >= 0.3 is 0 Å². The predicted molar refractivity (Wildman–Crippen MR) is 64.4 cm³/mol. The van der Waals surface area contributed by atoms with E-state index in [2.05, 4.69) is 19.2 Å². The van der Waals surface area contributed by atoms with Gasteiger partial charge in [0, 0.05) is 6.54 Å². The van der Waals surface area contributed by atoms with Crippen LogP contribution < -0.4 is 5.32 Å². The van der Waals surface area contributed by atoms with Crippen molar-refractivity contribution in [2.75, 3.05) is 6.54 Å². The summed E-state index contributed by atoms with van der Waals surface area (Å²) >= 11 is 0. The molecule has 0 unspecified atom stereocenters. The van der Waals surface area contributed by atoms with E-state index in [1.54, 1.807) is 6.26 Å². The topological polar surface area (TPSA) is 25.2 Å². The van der Waals surface area contributed by atoms with Crippen LogP contribution in [-0.4, -0.2) is 6.54 Å². The maximum absolute atomic E-state index is 5.37. The van der Waals surface area contributed by atoms with Crippen molar-refractivity contribution in [3.8, 4) is 0 Å². The van der Waals surface area contributed by atoms with E-state index >= 15 is 0 Å². The molecule has 0 bridgehead atoms. The molecule has 0 spiro atoms. The molecule has 2 nitrogen and oxygen atoms in total. The lowest BCUT2D eigenvalue weighted by atomic mass is 10.0. The third kappa shape index (κ3) is 2.99. The summed E-state index contributed by atoms with van der Waals surface area (Å²) < 4.78 is 5.37. The van der Waals surface area contributed by atoms with Crippen molar-refractivity contribution in [2.24, 2.45) is 5.41 Å². The summed E-state index contributed by atoms with van der Waals surface area (Å²) in [6.45, 7) is 6.39. The van der Waals surface area contributed by atoms with Crippen molar-refractivity contribution in [2.45, 2.75) is 39.7 Å². The summed E-state index contributed by atoms with van der Waals surface area (Å²) in [5.41, 5.74) is 1.87. The third-order valence-corrected chi connectivity index (χ3v) is 3.46. The number of halogens is 1. The summed E-state index contributed by atoms with van der Waals surface area (Å²) in [4.78, 5) is 0. The quantitative estimate of drug-likeness (QED) is 0.838. The van der Waals surface area contributed by atoms with Crippen LogP contribution in [0.25, 0.3) is 0 Å². The van der Waals surface area contributed by atoms with Gasteiger partial charge in [0.1, 0.15) is 5.76 Å². The highest BCUT2D eigenvalue weighted by atomic mass is 35.5. The minimum atomic E-state index is 0. The molecule has 3 heteroatoms. The molecule has 0 saturated heterocycles. The standard InChI is InChI=1S/C12H19NO.ClH/c1-3-12(5-6-12)9-13-8-11-10(2)4-7-14-11;/h4,7,13H,3,5-6,8-9H2,1-2H3;1H. The monoisotopic (exact) mass is 229 g/mol. The molecular weight excluding hydrogens is 210 g/mol.